The third-order valence-corrected chi connectivity index (χ3v) is 7.35. The Morgan fingerprint density at radius 2 is 2.07 bits per heavy atom. The maximum atomic E-state index is 5.73. The molecule has 164 valence electrons. The molecule has 1 aliphatic heterocycles. The molecule has 1 saturated heterocycles. The molecule has 1 heterocycles. The number of guanidine groups is 1. The van der Waals surface area contributed by atoms with Crippen LogP contribution >= 0.6 is 35.7 Å². The molecule has 0 bridgehead atoms. The van der Waals surface area contributed by atoms with Gasteiger partial charge >= 0.3 is 0 Å². The lowest BCUT2D eigenvalue weighted by molar-refractivity contribution is 0.0505. The second-order valence-corrected chi connectivity index (χ2v) is 9.17. The Morgan fingerprint density at radius 1 is 1.31 bits per heavy atom. The van der Waals surface area contributed by atoms with Crippen molar-refractivity contribution in [1.82, 2.24) is 10.6 Å². The number of nitrogens with zero attached hydrogens (tertiary/aromatic N) is 1. The van der Waals surface area contributed by atoms with Gasteiger partial charge in [0.2, 0.25) is 0 Å². The van der Waals surface area contributed by atoms with Gasteiger partial charge in [-0.15, -0.1) is 24.0 Å². The van der Waals surface area contributed by atoms with Gasteiger partial charge in [-0.05, 0) is 51.3 Å². The van der Waals surface area contributed by atoms with Gasteiger partial charge in [0.15, 0.2) is 5.96 Å². The highest BCUT2D eigenvalue weighted by Crippen LogP contribution is 2.40. The molecule has 1 saturated carbocycles. The minimum atomic E-state index is -0.00921. The number of methoxy groups -OCH3 is 1. The van der Waals surface area contributed by atoms with E-state index in [1.165, 1.54) is 30.4 Å². The lowest BCUT2D eigenvalue weighted by Crippen LogP contribution is -2.50. The second kappa shape index (κ2) is 11.6. The van der Waals surface area contributed by atoms with Crippen molar-refractivity contribution in [1.29, 1.82) is 0 Å². The summed E-state index contributed by atoms with van der Waals surface area (Å²) in [6, 6.07) is 7.01. The quantitative estimate of drug-likeness (QED) is 0.328. The Labute approximate surface area is 197 Å². The highest BCUT2D eigenvalue weighted by molar-refractivity contribution is 14.0. The van der Waals surface area contributed by atoms with Crippen molar-refractivity contribution in [3.05, 3.63) is 29.3 Å². The maximum Gasteiger partial charge on any atom is 0.191 e. The monoisotopic (exact) mass is 533 g/mol. The predicted molar refractivity (Wildman–Crippen MR) is 134 cm³/mol. The van der Waals surface area contributed by atoms with Crippen LogP contribution in [0.15, 0.2) is 23.2 Å². The molecule has 2 atom stereocenters. The average molecular weight is 534 g/mol. The van der Waals surface area contributed by atoms with Gasteiger partial charge in [0.05, 0.1) is 7.11 Å². The number of hydrogen-bond donors (Lipinski definition) is 2. The molecule has 2 N–H and O–H groups in total. The molecule has 3 rings (SSSR count). The summed E-state index contributed by atoms with van der Waals surface area (Å²) in [6.07, 6.45) is 7.90. The number of ether oxygens (including phenoxy) is 2. The molecule has 0 aromatic heterocycles. The van der Waals surface area contributed by atoms with Gasteiger partial charge in [0.25, 0.3) is 0 Å². The van der Waals surface area contributed by atoms with Crippen LogP contribution in [0.25, 0.3) is 0 Å². The minimum absolute atomic E-state index is 0. The van der Waals surface area contributed by atoms with Crippen molar-refractivity contribution in [2.75, 3.05) is 40.2 Å². The van der Waals surface area contributed by atoms with Crippen molar-refractivity contribution in [3.8, 4) is 5.75 Å². The summed E-state index contributed by atoms with van der Waals surface area (Å²) in [5.74, 6) is 1.88. The molecule has 7 heteroatoms. The van der Waals surface area contributed by atoms with Gasteiger partial charge < -0.3 is 20.1 Å². The molecule has 5 nitrogen and oxygen atoms in total. The lowest BCUT2D eigenvalue weighted by Gasteiger charge is -2.39. The summed E-state index contributed by atoms with van der Waals surface area (Å²) >= 11 is 1.98. The Balaban J connectivity index is 0.00000300. The van der Waals surface area contributed by atoms with E-state index < -0.39 is 0 Å². The number of halogens is 1. The van der Waals surface area contributed by atoms with Crippen molar-refractivity contribution in [3.63, 3.8) is 0 Å². The number of thioether (sulfide) groups is 1. The summed E-state index contributed by atoms with van der Waals surface area (Å²) in [5, 5.41) is 8.04. The number of rotatable bonds is 6. The zero-order valence-corrected chi connectivity index (χ0v) is 21.3. The van der Waals surface area contributed by atoms with Crippen LogP contribution in [0.5, 0.6) is 5.75 Å². The molecule has 2 unspecified atom stereocenters. The summed E-state index contributed by atoms with van der Waals surface area (Å²) in [5.41, 5.74) is 2.54. The maximum absolute atomic E-state index is 5.73. The van der Waals surface area contributed by atoms with Crippen molar-refractivity contribution >= 4 is 41.7 Å². The van der Waals surface area contributed by atoms with Crippen molar-refractivity contribution < 1.29 is 9.47 Å². The fraction of sp³-hybridized carbons (Fsp3) is 0.682. The molecule has 1 aromatic rings. The van der Waals surface area contributed by atoms with Crippen molar-refractivity contribution in [2.45, 2.75) is 55.7 Å². The summed E-state index contributed by atoms with van der Waals surface area (Å²) in [6.45, 7) is 4.53. The van der Waals surface area contributed by atoms with E-state index in [4.69, 9.17) is 9.47 Å². The average Bonchev–Trinajstić information content (AvgIpc) is 3.19. The van der Waals surface area contributed by atoms with Crippen LogP contribution in [0, 0.1) is 6.92 Å². The van der Waals surface area contributed by atoms with Crippen LogP contribution in [0.3, 0.4) is 0 Å². The molecule has 1 aromatic carbocycles. The SMILES string of the molecule is CN=C(NCC1(c2cc(C)ccc2OC)CCOCC1)NC1CCC(SC)C1.I. The predicted octanol–water partition coefficient (Wildman–Crippen LogP) is 4.12. The summed E-state index contributed by atoms with van der Waals surface area (Å²) in [7, 11) is 3.62. The molecular weight excluding hydrogens is 497 g/mol. The van der Waals surface area contributed by atoms with Gasteiger partial charge in [-0.3, -0.25) is 4.99 Å². The van der Waals surface area contributed by atoms with Crippen molar-refractivity contribution in [2.24, 2.45) is 4.99 Å². The smallest absolute Gasteiger partial charge is 0.191 e. The van der Waals surface area contributed by atoms with E-state index in [0.29, 0.717) is 6.04 Å². The number of benzene rings is 1. The molecule has 2 aliphatic rings. The Hall–Kier alpha value is -0.670. The molecular formula is C22H36IN3O2S. The zero-order chi connectivity index (χ0) is 20.0. The first-order valence-electron chi connectivity index (χ1n) is 10.3. The van der Waals surface area contributed by atoms with Crippen LogP contribution in [0.4, 0.5) is 0 Å². The summed E-state index contributed by atoms with van der Waals surface area (Å²) in [4.78, 5) is 4.50. The topological polar surface area (TPSA) is 54.9 Å². The van der Waals surface area contributed by atoms with Crippen LogP contribution in [0.1, 0.15) is 43.2 Å². The molecule has 0 spiro atoms. The largest absolute Gasteiger partial charge is 0.496 e. The first-order valence-corrected chi connectivity index (χ1v) is 11.6. The number of nitrogens with one attached hydrogen (secondary N) is 2. The van der Waals surface area contributed by atoms with Crippen LogP contribution < -0.4 is 15.4 Å². The standard InChI is InChI=1S/C22H35N3O2S.HI/c1-16-5-8-20(26-3)19(13-16)22(9-11-27-12-10-22)15-24-21(23-2)25-17-6-7-18(14-17)28-4;/h5,8,13,17-18H,6-7,9-12,14-15H2,1-4H3,(H2,23,24,25);1H. The van der Waals surface area contributed by atoms with E-state index in [0.717, 1.165) is 49.6 Å². The van der Waals surface area contributed by atoms with E-state index in [1.807, 2.05) is 18.8 Å². The molecule has 29 heavy (non-hydrogen) atoms. The lowest BCUT2D eigenvalue weighted by atomic mass is 9.73. The van der Waals surface area contributed by atoms with E-state index in [2.05, 4.69) is 47.0 Å². The number of aliphatic imine (C=N–C) groups is 1. The van der Waals surface area contributed by atoms with Gasteiger partial charge in [0.1, 0.15) is 5.75 Å². The molecule has 0 radical (unpaired) electrons. The Morgan fingerprint density at radius 3 is 2.69 bits per heavy atom. The fourth-order valence-electron chi connectivity index (χ4n) is 4.47. The summed E-state index contributed by atoms with van der Waals surface area (Å²) < 4.78 is 11.4. The first kappa shape index (κ1) is 24.6. The molecule has 2 fully saturated rings. The number of aryl methyl sites for hydroxylation is 1. The van der Waals surface area contributed by atoms with E-state index >= 15 is 0 Å². The Kier molecular flexibility index (Phi) is 9.88. The third-order valence-electron chi connectivity index (χ3n) is 6.25. The van der Waals surface area contributed by atoms with Crippen LogP contribution in [0.2, 0.25) is 0 Å². The number of hydrogen-bond acceptors (Lipinski definition) is 4. The van der Waals surface area contributed by atoms with E-state index in [9.17, 15) is 0 Å². The van der Waals surface area contributed by atoms with E-state index in [-0.39, 0.29) is 29.4 Å². The Bertz CT molecular complexity index is 680. The minimum Gasteiger partial charge on any atom is -0.496 e. The fourth-order valence-corrected chi connectivity index (χ4v) is 5.26. The van der Waals surface area contributed by atoms with Gasteiger partial charge in [-0.2, -0.15) is 11.8 Å². The highest BCUT2D eigenvalue weighted by Gasteiger charge is 2.37. The third kappa shape index (κ3) is 6.17. The van der Waals surface area contributed by atoms with Gasteiger partial charge in [-0.25, -0.2) is 0 Å². The zero-order valence-electron chi connectivity index (χ0n) is 18.1. The second-order valence-electron chi connectivity index (χ2n) is 8.03. The van der Waals surface area contributed by atoms with Gasteiger partial charge in [0, 0.05) is 49.1 Å². The molecule has 0 amide bonds. The highest BCUT2D eigenvalue weighted by atomic mass is 127. The normalized spacial score (nSPS) is 23.9. The first-order chi connectivity index (χ1) is 13.6. The van der Waals surface area contributed by atoms with Crippen LogP contribution in [-0.4, -0.2) is 57.4 Å². The van der Waals surface area contributed by atoms with E-state index in [1.54, 1.807) is 7.11 Å². The molecule has 1 aliphatic carbocycles. The van der Waals surface area contributed by atoms with Crippen LogP contribution in [-0.2, 0) is 10.2 Å². The van der Waals surface area contributed by atoms with Gasteiger partial charge in [-0.1, -0.05) is 17.7 Å².